The van der Waals surface area contributed by atoms with Crippen LogP contribution in [0.4, 0.5) is 5.69 Å². The van der Waals surface area contributed by atoms with Gasteiger partial charge in [0, 0.05) is 45.6 Å². The quantitative estimate of drug-likeness (QED) is 0.259. The Bertz CT molecular complexity index is 1130. The first-order chi connectivity index (χ1) is 15.7. The molecule has 2 aromatic carbocycles. The number of carbonyl (C=O) groups excluding carboxylic acids is 3. The molecule has 0 radical (unpaired) electrons. The fourth-order valence-corrected chi connectivity index (χ4v) is 3.66. The highest BCUT2D eigenvalue weighted by Gasteiger charge is 2.20. The number of amides is 2. The number of ketones is 1. The molecule has 1 heterocycles. The van der Waals surface area contributed by atoms with Crippen molar-refractivity contribution in [1.82, 2.24) is 20.6 Å². The number of imidazole rings is 1. The van der Waals surface area contributed by atoms with Gasteiger partial charge in [-0.2, -0.15) is 0 Å². The number of anilines is 1. The maximum atomic E-state index is 12.8. The van der Waals surface area contributed by atoms with Crippen LogP contribution in [-0.4, -0.2) is 39.6 Å². The predicted molar refractivity (Wildman–Crippen MR) is 130 cm³/mol. The van der Waals surface area contributed by atoms with Gasteiger partial charge in [0.25, 0.3) is 0 Å². The van der Waals surface area contributed by atoms with E-state index in [0.29, 0.717) is 23.1 Å². The highest BCUT2D eigenvalue weighted by Crippen LogP contribution is 2.22. The molecule has 0 fully saturated rings. The number of H-pyrrole nitrogens is 1. The average Bonchev–Trinajstić information content (AvgIpc) is 3.28. The second kappa shape index (κ2) is 10.9. The first-order valence-corrected chi connectivity index (χ1v) is 11.3. The summed E-state index contributed by atoms with van der Waals surface area (Å²) in [6, 6.07) is 11.1. The van der Waals surface area contributed by atoms with Gasteiger partial charge in [0.15, 0.2) is 5.78 Å². The van der Waals surface area contributed by atoms with Gasteiger partial charge in [0.1, 0.15) is 6.04 Å². The summed E-state index contributed by atoms with van der Waals surface area (Å²) in [6.45, 7) is 3.49. The molecule has 9 heteroatoms. The van der Waals surface area contributed by atoms with Crippen molar-refractivity contribution in [2.45, 2.75) is 38.8 Å². The summed E-state index contributed by atoms with van der Waals surface area (Å²) in [7, 11) is 0. The smallest absolute Gasteiger partial charge is 0.242 e. The van der Waals surface area contributed by atoms with Crippen LogP contribution in [0.5, 0.6) is 0 Å². The van der Waals surface area contributed by atoms with E-state index < -0.39 is 6.04 Å². The molecular formula is C24H26BrN5O3. The van der Waals surface area contributed by atoms with Crippen molar-refractivity contribution < 1.29 is 14.4 Å². The number of nitrogens with one attached hydrogen (secondary N) is 3. The first-order valence-electron chi connectivity index (χ1n) is 10.5. The lowest BCUT2D eigenvalue weighted by Gasteiger charge is -2.18. The lowest BCUT2D eigenvalue weighted by Crippen LogP contribution is -2.48. The van der Waals surface area contributed by atoms with Gasteiger partial charge in [-0.25, -0.2) is 4.98 Å². The molecule has 0 aliphatic rings. The van der Waals surface area contributed by atoms with Crippen LogP contribution in [0.25, 0.3) is 0 Å². The van der Waals surface area contributed by atoms with Crippen LogP contribution in [0.1, 0.15) is 41.0 Å². The summed E-state index contributed by atoms with van der Waals surface area (Å²) >= 11 is 3.35. The predicted octanol–water partition coefficient (Wildman–Crippen LogP) is 2.78. The third-order valence-corrected chi connectivity index (χ3v) is 5.67. The van der Waals surface area contributed by atoms with E-state index in [1.165, 1.54) is 0 Å². The highest BCUT2D eigenvalue weighted by molar-refractivity contribution is 9.10. The number of nitrogens with two attached hydrogens (primary N) is 1. The molecule has 2 atom stereocenters. The van der Waals surface area contributed by atoms with Crippen molar-refractivity contribution >= 4 is 39.2 Å². The van der Waals surface area contributed by atoms with Gasteiger partial charge < -0.3 is 21.4 Å². The topological polar surface area (TPSA) is 130 Å². The fourth-order valence-electron chi connectivity index (χ4n) is 3.40. The third kappa shape index (κ3) is 6.52. The number of hydrogen-bond acceptors (Lipinski definition) is 5. The van der Waals surface area contributed by atoms with Crippen molar-refractivity contribution in [3.8, 4) is 0 Å². The zero-order valence-electron chi connectivity index (χ0n) is 18.4. The molecule has 33 heavy (non-hydrogen) atoms. The number of aromatic nitrogens is 2. The van der Waals surface area contributed by atoms with Crippen LogP contribution in [0.3, 0.4) is 0 Å². The number of halogens is 1. The Kier molecular flexibility index (Phi) is 8.00. The minimum atomic E-state index is -0.726. The molecule has 2 unspecified atom stereocenters. The first kappa shape index (κ1) is 24.2. The van der Waals surface area contributed by atoms with Crippen LogP contribution in [0.15, 0.2) is 59.5 Å². The van der Waals surface area contributed by atoms with Gasteiger partial charge >= 0.3 is 0 Å². The summed E-state index contributed by atoms with van der Waals surface area (Å²) in [4.78, 5) is 44.8. The van der Waals surface area contributed by atoms with E-state index in [-0.39, 0.29) is 35.7 Å². The molecule has 1 aromatic heterocycles. The highest BCUT2D eigenvalue weighted by atomic mass is 79.9. The number of nitrogen functional groups attached to an aromatic ring is 1. The van der Waals surface area contributed by atoms with E-state index in [2.05, 4.69) is 36.5 Å². The molecule has 172 valence electrons. The van der Waals surface area contributed by atoms with Crippen molar-refractivity contribution in [1.29, 1.82) is 0 Å². The maximum absolute atomic E-state index is 12.8. The Hall–Kier alpha value is -3.46. The van der Waals surface area contributed by atoms with Gasteiger partial charge in [-0.05, 0) is 49.7 Å². The van der Waals surface area contributed by atoms with Crippen LogP contribution >= 0.6 is 15.9 Å². The summed E-state index contributed by atoms with van der Waals surface area (Å²) in [5.74, 6) is -0.873. The van der Waals surface area contributed by atoms with Crippen LogP contribution in [-0.2, 0) is 22.4 Å². The van der Waals surface area contributed by atoms with E-state index in [1.807, 2.05) is 6.92 Å². The molecule has 0 saturated heterocycles. The minimum absolute atomic E-state index is 0.0470. The SMILES string of the molecule is CC(Cc1cnc[nH]1)NC(=O)C(C)NC(=O)Cc1cccc(C(=O)c2ccc(Br)cc2)c1N. The zero-order chi connectivity index (χ0) is 24.0. The lowest BCUT2D eigenvalue weighted by molar-refractivity contribution is -0.128. The Morgan fingerprint density at radius 1 is 1.09 bits per heavy atom. The molecule has 0 bridgehead atoms. The van der Waals surface area contributed by atoms with E-state index in [4.69, 9.17) is 5.73 Å². The van der Waals surface area contributed by atoms with E-state index >= 15 is 0 Å². The molecule has 0 saturated carbocycles. The number of benzene rings is 2. The van der Waals surface area contributed by atoms with Gasteiger partial charge in [0.05, 0.1) is 12.7 Å². The number of rotatable bonds is 9. The van der Waals surface area contributed by atoms with E-state index in [9.17, 15) is 14.4 Å². The molecule has 0 aliphatic heterocycles. The molecule has 0 aliphatic carbocycles. The Morgan fingerprint density at radius 3 is 2.48 bits per heavy atom. The Balaban J connectivity index is 1.59. The monoisotopic (exact) mass is 511 g/mol. The van der Waals surface area contributed by atoms with Crippen LogP contribution in [0.2, 0.25) is 0 Å². The number of carbonyl (C=O) groups is 3. The summed E-state index contributed by atoms with van der Waals surface area (Å²) < 4.78 is 0.867. The molecular weight excluding hydrogens is 486 g/mol. The molecule has 8 nitrogen and oxygen atoms in total. The standard InChI is InChI=1S/C24H26BrN5O3/c1-14(10-19-12-27-13-28-19)29-24(33)15(2)30-21(31)11-17-4-3-5-20(22(17)26)23(32)16-6-8-18(25)9-7-16/h3-9,12-15H,10-11,26H2,1-2H3,(H,27,28)(H,29,33)(H,30,31). The van der Waals surface area contributed by atoms with Crippen molar-refractivity contribution in [2.75, 3.05) is 5.73 Å². The third-order valence-electron chi connectivity index (χ3n) is 5.14. The zero-order valence-corrected chi connectivity index (χ0v) is 20.0. The largest absolute Gasteiger partial charge is 0.398 e. The second-order valence-electron chi connectivity index (χ2n) is 7.87. The van der Waals surface area contributed by atoms with Gasteiger partial charge in [0.2, 0.25) is 11.8 Å². The van der Waals surface area contributed by atoms with Gasteiger partial charge in [-0.15, -0.1) is 0 Å². The molecule has 3 aromatic rings. The maximum Gasteiger partial charge on any atom is 0.242 e. The van der Waals surface area contributed by atoms with Crippen LogP contribution < -0.4 is 16.4 Å². The summed E-state index contributed by atoms with van der Waals surface area (Å²) in [6.07, 6.45) is 3.84. The fraction of sp³-hybridized carbons (Fsp3) is 0.250. The Labute approximate surface area is 200 Å². The second-order valence-corrected chi connectivity index (χ2v) is 8.79. The minimum Gasteiger partial charge on any atom is -0.398 e. The van der Waals surface area contributed by atoms with Crippen molar-refractivity contribution in [3.05, 3.63) is 81.8 Å². The lowest BCUT2D eigenvalue weighted by atomic mass is 9.97. The summed E-state index contributed by atoms with van der Waals surface area (Å²) in [5, 5.41) is 5.56. The number of nitrogens with zero attached hydrogens (tertiary/aromatic N) is 1. The van der Waals surface area contributed by atoms with Gasteiger partial charge in [-0.1, -0.05) is 28.1 Å². The summed E-state index contributed by atoms with van der Waals surface area (Å²) in [5.41, 5.74) is 8.75. The van der Waals surface area contributed by atoms with Crippen molar-refractivity contribution in [2.24, 2.45) is 0 Å². The number of aromatic amines is 1. The molecule has 5 N–H and O–H groups in total. The Morgan fingerprint density at radius 2 is 1.82 bits per heavy atom. The van der Waals surface area contributed by atoms with E-state index in [0.717, 1.165) is 10.2 Å². The van der Waals surface area contributed by atoms with Gasteiger partial charge in [-0.3, -0.25) is 14.4 Å². The normalized spacial score (nSPS) is 12.6. The van der Waals surface area contributed by atoms with E-state index in [1.54, 1.807) is 61.9 Å². The average molecular weight is 512 g/mol. The molecule has 3 rings (SSSR count). The molecule has 0 spiro atoms. The molecule has 2 amide bonds. The number of para-hydroxylation sites is 1. The number of hydrogen-bond donors (Lipinski definition) is 4. The van der Waals surface area contributed by atoms with Crippen molar-refractivity contribution in [3.63, 3.8) is 0 Å². The van der Waals surface area contributed by atoms with Crippen LogP contribution in [0, 0.1) is 0 Å².